The Balaban J connectivity index is 2.52. The maximum Gasteiger partial charge on any atom is 0.000674 e. The summed E-state index contributed by atoms with van der Waals surface area (Å²) in [5.74, 6) is 0. The molecule has 99 valence electrons. The lowest BCUT2D eigenvalue weighted by molar-refractivity contribution is 0.102. The second-order valence-electron chi connectivity index (χ2n) is 6.54. The number of rotatable bonds is 3. The summed E-state index contributed by atoms with van der Waals surface area (Å²) in [6.45, 7) is 11.5. The zero-order chi connectivity index (χ0) is 13.2. The van der Waals surface area contributed by atoms with Crippen molar-refractivity contribution in [1.82, 2.24) is 0 Å². The summed E-state index contributed by atoms with van der Waals surface area (Å²) in [6.07, 6.45) is 8.05. The average molecular weight is 243 g/mol. The van der Waals surface area contributed by atoms with Crippen molar-refractivity contribution in [3.8, 4) is 0 Å². The topological polar surface area (TPSA) is 0 Å². The Labute approximate surface area is 113 Å². The van der Waals surface area contributed by atoms with Gasteiger partial charge in [-0.2, -0.15) is 0 Å². The first-order valence-electron chi connectivity index (χ1n) is 7.45. The first-order chi connectivity index (χ1) is 8.53. The van der Waals surface area contributed by atoms with E-state index in [9.17, 15) is 0 Å². The van der Waals surface area contributed by atoms with Crippen molar-refractivity contribution in [3.63, 3.8) is 0 Å². The highest BCUT2D eigenvalue weighted by atomic mass is 14.5. The second-order valence-corrected chi connectivity index (χ2v) is 6.54. The highest BCUT2D eigenvalue weighted by Gasteiger charge is 2.45. The Morgan fingerprint density at radius 2 is 1.72 bits per heavy atom. The Kier molecular flexibility index (Phi) is 3.84. The normalized spacial score (nSPS) is 19.8. The average Bonchev–Trinajstić information content (AvgIpc) is 2.40. The summed E-state index contributed by atoms with van der Waals surface area (Å²) in [7, 11) is 0. The van der Waals surface area contributed by atoms with Gasteiger partial charge in [0.2, 0.25) is 0 Å². The molecule has 0 unspecified atom stereocenters. The van der Waals surface area contributed by atoms with Crippen molar-refractivity contribution in [3.05, 3.63) is 42.3 Å². The van der Waals surface area contributed by atoms with Crippen LogP contribution in [0.5, 0.6) is 0 Å². The Hall–Kier alpha value is -0.780. The first-order valence-corrected chi connectivity index (χ1v) is 7.45. The predicted octanol–water partition coefficient (Wildman–Crippen LogP) is 5.51. The van der Waals surface area contributed by atoms with Crippen LogP contribution in [0.15, 0.2) is 24.3 Å². The third-order valence-electron chi connectivity index (χ3n) is 5.42. The third-order valence-corrected chi connectivity index (χ3v) is 5.42. The first kappa shape index (κ1) is 13.6. The largest absolute Gasteiger partial charge is 0.0648 e. The highest BCUT2D eigenvalue weighted by molar-refractivity contribution is 5.38. The molecule has 0 bridgehead atoms. The molecule has 1 radical (unpaired) electrons. The molecule has 0 saturated heterocycles. The van der Waals surface area contributed by atoms with Gasteiger partial charge in [0.05, 0.1) is 0 Å². The fourth-order valence-electron chi connectivity index (χ4n) is 3.79. The summed E-state index contributed by atoms with van der Waals surface area (Å²) in [4.78, 5) is 0. The standard InChI is InChI=1S/C18H27/c1-5-17(3,4)18(13-9-6-10-14-18)16-12-8-7-11-15(16)2/h7-8,11-12H,2,5-6,9-10,13-14H2,1,3-4H3. The van der Waals surface area contributed by atoms with Gasteiger partial charge in [-0.1, -0.05) is 70.7 Å². The van der Waals surface area contributed by atoms with Gasteiger partial charge < -0.3 is 0 Å². The van der Waals surface area contributed by atoms with E-state index in [1.54, 1.807) is 0 Å². The van der Waals surface area contributed by atoms with Crippen molar-refractivity contribution in [2.45, 2.75) is 64.7 Å². The van der Waals surface area contributed by atoms with E-state index in [0.717, 1.165) is 0 Å². The van der Waals surface area contributed by atoms with E-state index < -0.39 is 0 Å². The highest BCUT2D eigenvalue weighted by Crippen LogP contribution is 2.53. The van der Waals surface area contributed by atoms with Crippen LogP contribution in [0.1, 0.15) is 70.4 Å². The molecule has 1 saturated carbocycles. The summed E-state index contributed by atoms with van der Waals surface area (Å²) < 4.78 is 0. The van der Waals surface area contributed by atoms with Gasteiger partial charge in [-0.25, -0.2) is 0 Å². The monoisotopic (exact) mass is 243 g/mol. The van der Waals surface area contributed by atoms with Crippen LogP contribution in [0.3, 0.4) is 0 Å². The molecule has 1 aliphatic carbocycles. The molecule has 0 aromatic heterocycles. The van der Waals surface area contributed by atoms with Gasteiger partial charge in [-0.15, -0.1) is 0 Å². The molecule has 0 heteroatoms. The number of benzene rings is 1. The minimum absolute atomic E-state index is 0.346. The van der Waals surface area contributed by atoms with E-state index in [0.29, 0.717) is 10.8 Å². The molecular weight excluding hydrogens is 216 g/mol. The van der Waals surface area contributed by atoms with Crippen molar-refractivity contribution >= 4 is 0 Å². The fourth-order valence-corrected chi connectivity index (χ4v) is 3.79. The summed E-state index contributed by atoms with van der Waals surface area (Å²) in [5.41, 5.74) is 3.46. The molecule has 0 nitrogen and oxygen atoms in total. The van der Waals surface area contributed by atoms with E-state index in [-0.39, 0.29) is 0 Å². The van der Waals surface area contributed by atoms with E-state index in [1.807, 2.05) is 0 Å². The van der Waals surface area contributed by atoms with Crippen LogP contribution in [0.4, 0.5) is 0 Å². The quantitative estimate of drug-likeness (QED) is 0.657. The minimum atomic E-state index is 0.346. The van der Waals surface area contributed by atoms with Crippen LogP contribution in [0, 0.1) is 12.3 Å². The molecule has 0 spiro atoms. The molecule has 1 aromatic rings. The van der Waals surface area contributed by atoms with Crippen LogP contribution >= 0.6 is 0 Å². The van der Waals surface area contributed by atoms with Crippen LogP contribution in [-0.4, -0.2) is 0 Å². The summed E-state index contributed by atoms with van der Waals surface area (Å²) >= 11 is 0. The molecule has 0 atom stereocenters. The minimum Gasteiger partial charge on any atom is -0.0648 e. The molecule has 0 N–H and O–H groups in total. The lowest BCUT2D eigenvalue weighted by Gasteiger charge is -2.50. The van der Waals surface area contributed by atoms with Crippen molar-refractivity contribution in [2.24, 2.45) is 5.41 Å². The van der Waals surface area contributed by atoms with Crippen LogP contribution in [0.2, 0.25) is 0 Å². The van der Waals surface area contributed by atoms with Gasteiger partial charge in [-0.3, -0.25) is 0 Å². The molecule has 0 aliphatic heterocycles. The van der Waals surface area contributed by atoms with Gasteiger partial charge in [0.1, 0.15) is 0 Å². The Morgan fingerprint density at radius 1 is 1.11 bits per heavy atom. The second kappa shape index (κ2) is 5.07. The van der Waals surface area contributed by atoms with E-state index in [2.05, 4.69) is 52.0 Å². The van der Waals surface area contributed by atoms with Gasteiger partial charge >= 0.3 is 0 Å². The van der Waals surface area contributed by atoms with E-state index >= 15 is 0 Å². The SMILES string of the molecule is [CH2]c1ccccc1C1(C(C)(C)CC)CCCCC1. The van der Waals surface area contributed by atoms with Crippen molar-refractivity contribution in [2.75, 3.05) is 0 Å². The predicted molar refractivity (Wildman–Crippen MR) is 79.7 cm³/mol. The maximum absolute atomic E-state index is 4.29. The van der Waals surface area contributed by atoms with Crippen LogP contribution in [-0.2, 0) is 5.41 Å². The van der Waals surface area contributed by atoms with Gasteiger partial charge in [-0.05, 0) is 36.3 Å². The van der Waals surface area contributed by atoms with Gasteiger partial charge in [0, 0.05) is 5.41 Å². The smallest absolute Gasteiger partial charge is 0.000674 e. The van der Waals surface area contributed by atoms with Crippen LogP contribution in [0.25, 0.3) is 0 Å². The molecule has 1 aliphatic rings. The van der Waals surface area contributed by atoms with Crippen molar-refractivity contribution in [1.29, 1.82) is 0 Å². The fraction of sp³-hybridized carbons (Fsp3) is 0.611. The van der Waals surface area contributed by atoms with Crippen molar-refractivity contribution < 1.29 is 0 Å². The third kappa shape index (κ3) is 2.11. The molecule has 0 amide bonds. The molecular formula is C18H27. The zero-order valence-electron chi connectivity index (χ0n) is 12.3. The maximum atomic E-state index is 4.29. The molecule has 0 heterocycles. The lowest BCUT2D eigenvalue weighted by Crippen LogP contribution is -2.43. The number of hydrogen-bond acceptors (Lipinski definition) is 0. The summed E-state index contributed by atoms with van der Waals surface area (Å²) in [6, 6.07) is 8.80. The zero-order valence-corrected chi connectivity index (χ0v) is 12.3. The molecule has 1 fully saturated rings. The molecule has 18 heavy (non-hydrogen) atoms. The van der Waals surface area contributed by atoms with Crippen LogP contribution < -0.4 is 0 Å². The Bertz CT molecular complexity index is 394. The van der Waals surface area contributed by atoms with E-state index in [4.69, 9.17) is 0 Å². The molecule has 2 rings (SSSR count). The summed E-state index contributed by atoms with van der Waals surface area (Å²) in [5, 5.41) is 0. The van der Waals surface area contributed by atoms with E-state index in [1.165, 1.54) is 49.7 Å². The molecule has 1 aromatic carbocycles. The lowest BCUT2D eigenvalue weighted by atomic mass is 9.54. The Morgan fingerprint density at radius 3 is 2.28 bits per heavy atom. The van der Waals surface area contributed by atoms with Gasteiger partial charge in [0.25, 0.3) is 0 Å². The van der Waals surface area contributed by atoms with Gasteiger partial charge in [0.15, 0.2) is 0 Å². The number of hydrogen-bond donors (Lipinski definition) is 0.